The Morgan fingerprint density at radius 2 is 2.23 bits per heavy atom. The van der Waals surface area contributed by atoms with Crippen molar-refractivity contribution in [1.82, 2.24) is 5.32 Å². The van der Waals surface area contributed by atoms with Crippen LogP contribution in [-0.2, 0) is 0 Å². The molecule has 1 rings (SSSR count). The molecule has 0 radical (unpaired) electrons. The minimum Gasteiger partial charge on any atom is -0.409 e. The molecule has 0 spiro atoms. The van der Waals surface area contributed by atoms with E-state index in [4.69, 9.17) is 10.9 Å². The van der Waals surface area contributed by atoms with Crippen LogP contribution >= 0.6 is 0 Å². The van der Waals surface area contributed by atoms with Crippen LogP contribution in [0.3, 0.4) is 0 Å². The fourth-order valence-corrected chi connectivity index (χ4v) is 1.92. The number of nitrogens with two attached hydrogens (primary N) is 1. The van der Waals surface area contributed by atoms with Gasteiger partial charge in [-0.25, -0.2) is 0 Å². The molecule has 0 unspecified atom stereocenters. The molecule has 0 heterocycles. The first-order chi connectivity index (χ1) is 6.24. The van der Waals surface area contributed by atoms with Gasteiger partial charge in [-0.15, -0.1) is 0 Å². The standard InChI is InChI=1S/C9H19N3O/c1-7(8-4-2-3-5-8)11-6-9(10)12-13/h7-8,11,13H,2-6H2,1H3,(H2,10,12)/t7-/m0/s1. The van der Waals surface area contributed by atoms with Gasteiger partial charge < -0.3 is 16.3 Å². The average Bonchev–Trinajstić information content (AvgIpc) is 2.66. The summed E-state index contributed by atoms with van der Waals surface area (Å²) >= 11 is 0. The number of hydrogen-bond donors (Lipinski definition) is 3. The van der Waals surface area contributed by atoms with Gasteiger partial charge in [-0.1, -0.05) is 18.0 Å². The van der Waals surface area contributed by atoms with Crippen LogP contribution in [-0.4, -0.2) is 23.6 Å². The van der Waals surface area contributed by atoms with Crippen LogP contribution in [0.2, 0.25) is 0 Å². The molecule has 1 aliphatic carbocycles. The van der Waals surface area contributed by atoms with Crippen molar-refractivity contribution in [3.63, 3.8) is 0 Å². The highest BCUT2D eigenvalue weighted by Crippen LogP contribution is 2.27. The lowest BCUT2D eigenvalue weighted by molar-refractivity contribution is 0.315. The molecule has 4 N–H and O–H groups in total. The summed E-state index contributed by atoms with van der Waals surface area (Å²) in [5.41, 5.74) is 5.36. The van der Waals surface area contributed by atoms with E-state index in [-0.39, 0.29) is 5.84 Å². The molecule has 1 atom stereocenters. The molecule has 1 fully saturated rings. The van der Waals surface area contributed by atoms with Crippen molar-refractivity contribution in [1.29, 1.82) is 0 Å². The highest BCUT2D eigenvalue weighted by Gasteiger charge is 2.20. The minimum absolute atomic E-state index is 0.254. The zero-order chi connectivity index (χ0) is 9.68. The Morgan fingerprint density at radius 1 is 1.62 bits per heavy atom. The van der Waals surface area contributed by atoms with Gasteiger partial charge >= 0.3 is 0 Å². The first kappa shape index (κ1) is 10.3. The molecule has 0 aromatic heterocycles. The minimum atomic E-state index is 0.254. The number of rotatable bonds is 4. The highest BCUT2D eigenvalue weighted by atomic mass is 16.4. The van der Waals surface area contributed by atoms with E-state index in [0.717, 1.165) is 5.92 Å². The van der Waals surface area contributed by atoms with Gasteiger partial charge in [0.2, 0.25) is 0 Å². The SMILES string of the molecule is C[C@H](NCC(N)=NO)C1CCCC1. The molecule has 0 saturated heterocycles. The van der Waals surface area contributed by atoms with E-state index in [0.29, 0.717) is 12.6 Å². The summed E-state index contributed by atoms with van der Waals surface area (Å²) in [6.45, 7) is 2.65. The maximum Gasteiger partial charge on any atom is 0.153 e. The van der Waals surface area contributed by atoms with E-state index >= 15 is 0 Å². The number of nitrogens with zero attached hydrogens (tertiary/aromatic N) is 1. The molecule has 1 saturated carbocycles. The van der Waals surface area contributed by atoms with Crippen molar-refractivity contribution in [3.8, 4) is 0 Å². The Morgan fingerprint density at radius 3 is 2.77 bits per heavy atom. The van der Waals surface area contributed by atoms with E-state index in [1.807, 2.05) is 0 Å². The third kappa shape index (κ3) is 3.22. The van der Waals surface area contributed by atoms with Crippen LogP contribution in [0.1, 0.15) is 32.6 Å². The number of oxime groups is 1. The van der Waals surface area contributed by atoms with Gasteiger partial charge in [-0.3, -0.25) is 0 Å². The summed E-state index contributed by atoms with van der Waals surface area (Å²) in [5.74, 6) is 1.02. The molecule has 0 bridgehead atoms. The Bertz CT molecular complexity index is 176. The molecule has 0 aliphatic heterocycles. The van der Waals surface area contributed by atoms with Gasteiger partial charge in [-0.05, 0) is 25.7 Å². The number of amidine groups is 1. The summed E-state index contributed by atoms with van der Waals surface area (Å²) < 4.78 is 0. The Labute approximate surface area is 79.2 Å². The molecular formula is C9H19N3O. The summed E-state index contributed by atoms with van der Waals surface area (Å²) in [7, 11) is 0. The fraction of sp³-hybridized carbons (Fsp3) is 0.889. The van der Waals surface area contributed by atoms with Crippen molar-refractivity contribution in [2.75, 3.05) is 6.54 Å². The largest absolute Gasteiger partial charge is 0.409 e. The van der Waals surface area contributed by atoms with Crippen molar-refractivity contribution < 1.29 is 5.21 Å². The second-order valence-electron chi connectivity index (χ2n) is 3.81. The lowest BCUT2D eigenvalue weighted by atomic mass is 10.00. The number of hydrogen-bond acceptors (Lipinski definition) is 3. The summed E-state index contributed by atoms with van der Waals surface area (Å²) in [6.07, 6.45) is 5.31. The fourth-order valence-electron chi connectivity index (χ4n) is 1.92. The second-order valence-corrected chi connectivity index (χ2v) is 3.81. The molecule has 13 heavy (non-hydrogen) atoms. The molecule has 1 aliphatic rings. The van der Waals surface area contributed by atoms with Gasteiger partial charge in [0.15, 0.2) is 5.84 Å². The van der Waals surface area contributed by atoms with Crippen LogP contribution in [0.25, 0.3) is 0 Å². The summed E-state index contributed by atoms with van der Waals surface area (Å²) in [4.78, 5) is 0. The van der Waals surface area contributed by atoms with Gasteiger partial charge in [-0.2, -0.15) is 0 Å². The van der Waals surface area contributed by atoms with Gasteiger partial charge in [0.05, 0.1) is 6.54 Å². The van der Waals surface area contributed by atoms with E-state index < -0.39 is 0 Å². The maximum absolute atomic E-state index is 8.34. The van der Waals surface area contributed by atoms with Crippen LogP contribution in [0.15, 0.2) is 5.16 Å². The van der Waals surface area contributed by atoms with Crippen molar-refractivity contribution in [2.45, 2.75) is 38.6 Å². The van der Waals surface area contributed by atoms with E-state index in [9.17, 15) is 0 Å². The van der Waals surface area contributed by atoms with Gasteiger partial charge in [0, 0.05) is 6.04 Å². The van der Waals surface area contributed by atoms with Crippen LogP contribution < -0.4 is 11.1 Å². The van der Waals surface area contributed by atoms with Crippen LogP contribution in [0.4, 0.5) is 0 Å². The Hall–Kier alpha value is -0.770. The summed E-state index contributed by atoms with van der Waals surface area (Å²) in [5, 5.41) is 14.5. The summed E-state index contributed by atoms with van der Waals surface area (Å²) in [6, 6.07) is 0.475. The zero-order valence-electron chi connectivity index (χ0n) is 8.16. The van der Waals surface area contributed by atoms with Gasteiger partial charge in [0.1, 0.15) is 0 Å². The lowest BCUT2D eigenvalue weighted by Crippen LogP contribution is -2.38. The first-order valence-electron chi connectivity index (χ1n) is 4.94. The number of nitrogens with one attached hydrogen (secondary N) is 1. The molecule has 4 nitrogen and oxygen atoms in total. The second kappa shape index (κ2) is 5.07. The van der Waals surface area contributed by atoms with E-state index in [2.05, 4.69) is 17.4 Å². The third-order valence-electron chi connectivity index (χ3n) is 2.84. The Balaban J connectivity index is 2.20. The maximum atomic E-state index is 8.34. The first-order valence-corrected chi connectivity index (χ1v) is 4.94. The predicted octanol–water partition coefficient (Wildman–Crippen LogP) is 0.901. The molecule has 0 aromatic carbocycles. The van der Waals surface area contributed by atoms with E-state index in [1.165, 1.54) is 25.7 Å². The van der Waals surface area contributed by atoms with Crippen molar-refractivity contribution >= 4 is 5.84 Å². The quantitative estimate of drug-likeness (QED) is 0.264. The molecule has 0 aromatic rings. The topological polar surface area (TPSA) is 70.6 Å². The van der Waals surface area contributed by atoms with Crippen molar-refractivity contribution in [3.05, 3.63) is 0 Å². The zero-order valence-corrected chi connectivity index (χ0v) is 8.16. The van der Waals surface area contributed by atoms with E-state index in [1.54, 1.807) is 0 Å². The monoisotopic (exact) mass is 185 g/mol. The smallest absolute Gasteiger partial charge is 0.153 e. The highest BCUT2D eigenvalue weighted by molar-refractivity contribution is 5.81. The van der Waals surface area contributed by atoms with Gasteiger partial charge in [0.25, 0.3) is 0 Å². The normalized spacial score (nSPS) is 22.1. The van der Waals surface area contributed by atoms with Crippen molar-refractivity contribution in [2.24, 2.45) is 16.8 Å². The average molecular weight is 185 g/mol. The lowest BCUT2D eigenvalue weighted by Gasteiger charge is -2.19. The third-order valence-corrected chi connectivity index (χ3v) is 2.84. The molecular weight excluding hydrogens is 166 g/mol. The molecule has 76 valence electrons. The Kier molecular flexibility index (Phi) is 4.02. The predicted molar refractivity (Wildman–Crippen MR) is 52.8 cm³/mol. The molecule has 4 heteroatoms. The van der Waals surface area contributed by atoms with Crippen LogP contribution in [0, 0.1) is 5.92 Å². The van der Waals surface area contributed by atoms with Crippen LogP contribution in [0.5, 0.6) is 0 Å². The molecule has 0 amide bonds.